The lowest BCUT2D eigenvalue weighted by Crippen LogP contribution is -3.13. The van der Waals surface area contributed by atoms with Gasteiger partial charge in [-0.15, -0.1) is 0 Å². The van der Waals surface area contributed by atoms with E-state index in [-0.39, 0.29) is 12.6 Å². The predicted molar refractivity (Wildman–Crippen MR) is 104 cm³/mol. The third-order valence-corrected chi connectivity index (χ3v) is 6.04. The van der Waals surface area contributed by atoms with Gasteiger partial charge in [-0.2, -0.15) is 0 Å². The number of benzene rings is 1. The monoisotopic (exact) mass is 369 g/mol. The molecule has 1 aromatic heterocycles. The average molecular weight is 369 g/mol. The molecular formula is C22H29N2O3+. The molecule has 1 aromatic carbocycles. The van der Waals surface area contributed by atoms with Crippen molar-refractivity contribution in [2.75, 3.05) is 26.4 Å². The number of carbonyl (C=O) groups is 1. The van der Waals surface area contributed by atoms with Gasteiger partial charge in [0.25, 0.3) is 0 Å². The Hall–Kier alpha value is -2.27. The zero-order valence-electron chi connectivity index (χ0n) is 16.5. The molecule has 2 aliphatic heterocycles. The summed E-state index contributed by atoms with van der Waals surface area (Å²) in [6, 6.07) is 8.10. The Morgan fingerprint density at radius 3 is 2.67 bits per heavy atom. The predicted octanol–water partition coefficient (Wildman–Crippen LogP) is 2.38. The van der Waals surface area contributed by atoms with Crippen molar-refractivity contribution in [3.63, 3.8) is 0 Å². The molecule has 2 aliphatic rings. The van der Waals surface area contributed by atoms with Gasteiger partial charge in [0.05, 0.1) is 13.1 Å². The van der Waals surface area contributed by atoms with Gasteiger partial charge < -0.3 is 18.9 Å². The van der Waals surface area contributed by atoms with Crippen molar-refractivity contribution < 1.29 is 19.2 Å². The number of Topliss-reactive ketones (excluding diaryl/α,β-unsaturated/α-hetero) is 1. The number of piperidine rings is 1. The molecule has 144 valence electrons. The van der Waals surface area contributed by atoms with Gasteiger partial charge in [0.15, 0.2) is 11.5 Å². The highest BCUT2D eigenvalue weighted by molar-refractivity contribution is 5.98. The lowest BCUT2D eigenvalue weighted by atomic mass is 9.99. The molecule has 0 radical (unpaired) electrons. The van der Waals surface area contributed by atoms with Crippen LogP contribution in [0.5, 0.6) is 11.5 Å². The number of rotatable bonds is 5. The number of hydrogen-bond donors (Lipinski definition) is 1. The van der Waals surface area contributed by atoms with Crippen molar-refractivity contribution in [2.24, 2.45) is 5.92 Å². The summed E-state index contributed by atoms with van der Waals surface area (Å²) in [5.41, 5.74) is 4.20. The molecule has 27 heavy (non-hydrogen) atoms. The number of ketones is 1. The number of carbonyl (C=O) groups excluding carboxylic acids is 1. The molecule has 0 bridgehead atoms. The summed E-state index contributed by atoms with van der Waals surface area (Å²) in [5.74, 6) is 2.67. The lowest BCUT2D eigenvalue weighted by molar-refractivity contribution is -0.897. The van der Waals surface area contributed by atoms with Gasteiger partial charge in [0.2, 0.25) is 12.6 Å². The second-order valence-electron chi connectivity index (χ2n) is 8.09. The number of aryl methyl sites for hydroxylation is 1. The highest BCUT2D eigenvalue weighted by Gasteiger charge is 2.24. The molecule has 2 aromatic rings. The minimum absolute atomic E-state index is 0.268. The number of quaternary nitrogens is 1. The molecule has 0 unspecified atom stereocenters. The maximum Gasteiger partial charge on any atom is 0.231 e. The van der Waals surface area contributed by atoms with Gasteiger partial charge in [-0.1, -0.05) is 13.0 Å². The van der Waals surface area contributed by atoms with Crippen LogP contribution >= 0.6 is 0 Å². The second-order valence-corrected chi connectivity index (χ2v) is 8.09. The molecule has 0 saturated carbocycles. The zero-order valence-corrected chi connectivity index (χ0v) is 16.5. The summed E-state index contributed by atoms with van der Waals surface area (Å²) < 4.78 is 13.1. The number of nitrogens with one attached hydrogen (secondary N) is 1. The van der Waals surface area contributed by atoms with Crippen LogP contribution in [-0.2, 0) is 6.54 Å². The molecule has 0 atom stereocenters. The smallest absolute Gasteiger partial charge is 0.231 e. The molecule has 1 N–H and O–H groups in total. The maximum atomic E-state index is 12.9. The molecule has 4 rings (SSSR count). The van der Waals surface area contributed by atoms with Crippen molar-refractivity contribution in [1.29, 1.82) is 0 Å². The van der Waals surface area contributed by atoms with E-state index in [1.54, 1.807) is 0 Å². The van der Waals surface area contributed by atoms with Crippen LogP contribution in [0.25, 0.3) is 0 Å². The van der Waals surface area contributed by atoms with Crippen LogP contribution < -0.4 is 14.4 Å². The third kappa shape index (κ3) is 3.74. The van der Waals surface area contributed by atoms with Gasteiger partial charge in [-0.25, -0.2) is 0 Å². The number of ether oxygens (including phenoxy) is 2. The van der Waals surface area contributed by atoms with Crippen LogP contribution in [0.1, 0.15) is 47.1 Å². The first-order valence-electron chi connectivity index (χ1n) is 9.93. The number of nitrogens with zero attached hydrogens (tertiary/aromatic N) is 1. The molecule has 3 heterocycles. The first-order chi connectivity index (χ1) is 13.0. The van der Waals surface area contributed by atoms with E-state index in [2.05, 4.69) is 37.5 Å². The molecule has 0 aliphatic carbocycles. The van der Waals surface area contributed by atoms with E-state index >= 15 is 0 Å². The van der Waals surface area contributed by atoms with Crippen molar-refractivity contribution in [3.05, 3.63) is 46.8 Å². The van der Waals surface area contributed by atoms with Crippen LogP contribution in [-0.4, -0.2) is 36.8 Å². The minimum Gasteiger partial charge on any atom is -0.454 e. The molecule has 1 saturated heterocycles. The SMILES string of the molecule is Cc1cc(C(=O)C[NH+]2CCC(C)CC2)c(C)n1Cc1ccc2c(c1)OCO2. The lowest BCUT2D eigenvalue weighted by Gasteiger charge is -2.26. The van der Waals surface area contributed by atoms with E-state index in [4.69, 9.17) is 9.47 Å². The van der Waals surface area contributed by atoms with Crippen molar-refractivity contribution in [3.8, 4) is 11.5 Å². The van der Waals surface area contributed by atoms with Gasteiger partial charge in [0, 0.05) is 23.5 Å². The summed E-state index contributed by atoms with van der Waals surface area (Å²) in [6.07, 6.45) is 2.46. The highest BCUT2D eigenvalue weighted by atomic mass is 16.7. The molecule has 0 amide bonds. The normalized spacial score (nSPS) is 21.4. The van der Waals surface area contributed by atoms with Crippen LogP contribution in [0.4, 0.5) is 0 Å². The Labute approximate surface area is 160 Å². The highest BCUT2D eigenvalue weighted by Crippen LogP contribution is 2.33. The minimum atomic E-state index is 0.268. The van der Waals surface area contributed by atoms with E-state index in [1.165, 1.54) is 17.7 Å². The Morgan fingerprint density at radius 2 is 1.89 bits per heavy atom. The number of fused-ring (bicyclic) bond motifs is 1. The summed E-state index contributed by atoms with van der Waals surface area (Å²) in [4.78, 5) is 14.3. The quantitative estimate of drug-likeness (QED) is 0.823. The Bertz CT molecular complexity index is 847. The standard InChI is InChI=1S/C22H28N2O3/c1-15-6-8-23(9-7-15)13-20(25)19-10-16(2)24(17(19)3)12-18-4-5-21-22(11-18)27-14-26-21/h4-5,10-11,15H,6-9,12-14H2,1-3H3/p+1. The Kier molecular flexibility index (Phi) is 4.96. The number of likely N-dealkylation sites (tertiary alicyclic amines) is 1. The van der Waals surface area contributed by atoms with Gasteiger partial charge in [-0.3, -0.25) is 4.79 Å². The van der Waals surface area contributed by atoms with Crippen LogP contribution in [0.3, 0.4) is 0 Å². The molecular weight excluding hydrogens is 340 g/mol. The van der Waals surface area contributed by atoms with Crippen LogP contribution in [0.15, 0.2) is 24.3 Å². The zero-order chi connectivity index (χ0) is 19.0. The van der Waals surface area contributed by atoms with Crippen molar-refractivity contribution in [2.45, 2.75) is 40.2 Å². The van der Waals surface area contributed by atoms with Gasteiger partial charge in [0.1, 0.15) is 6.54 Å². The first-order valence-corrected chi connectivity index (χ1v) is 9.93. The van der Waals surface area contributed by atoms with E-state index in [1.807, 2.05) is 12.1 Å². The summed E-state index contributed by atoms with van der Waals surface area (Å²) in [5, 5.41) is 0. The first kappa shape index (κ1) is 18.1. The van der Waals surface area contributed by atoms with E-state index in [0.29, 0.717) is 6.54 Å². The van der Waals surface area contributed by atoms with Crippen molar-refractivity contribution in [1.82, 2.24) is 4.57 Å². The fourth-order valence-electron chi connectivity index (χ4n) is 4.22. The maximum absolute atomic E-state index is 12.9. The fraction of sp³-hybridized carbons (Fsp3) is 0.500. The summed E-state index contributed by atoms with van der Waals surface area (Å²) >= 11 is 0. The fourth-order valence-corrected chi connectivity index (χ4v) is 4.22. The summed E-state index contributed by atoms with van der Waals surface area (Å²) in [6.45, 7) is 10.3. The van der Waals surface area contributed by atoms with Crippen LogP contribution in [0, 0.1) is 19.8 Å². The van der Waals surface area contributed by atoms with Gasteiger partial charge in [-0.05, 0) is 56.4 Å². The van der Waals surface area contributed by atoms with Gasteiger partial charge >= 0.3 is 0 Å². The number of hydrogen-bond acceptors (Lipinski definition) is 3. The molecule has 1 fully saturated rings. The van der Waals surface area contributed by atoms with E-state index in [0.717, 1.165) is 59.6 Å². The van der Waals surface area contributed by atoms with E-state index in [9.17, 15) is 4.79 Å². The molecule has 0 spiro atoms. The summed E-state index contributed by atoms with van der Waals surface area (Å²) in [7, 11) is 0. The topological polar surface area (TPSA) is 44.9 Å². The Morgan fingerprint density at radius 1 is 1.15 bits per heavy atom. The molecule has 5 nitrogen and oxygen atoms in total. The molecule has 5 heteroatoms. The largest absolute Gasteiger partial charge is 0.454 e. The second kappa shape index (κ2) is 7.39. The number of aromatic nitrogens is 1. The van der Waals surface area contributed by atoms with Crippen molar-refractivity contribution >= 4 is 5.78 Å². The Balaban J connectivity index is 1.49. The average Bonchev–Trinajstić information content (AvgIpc) is 3.23. The third-order valence-electron chi connectivity index (χ3n) is 6.04. The van der Waals surface area contributed by atoms with E-state index < -0.39 is 0 Å². The van der Waals surface area contributed by atoms with Crippen LogP contribution in [0.2, 0.25) is 0 Å².